The van der Waals surface area contributed by atoms with Crippen LogP contribution in [0.15, 0.2) is 4.99 Å². The third-order valence-corrected chi connectivity index (χ3v) is 6.62. The molecule has 3 aliphatic rings. The Morgan fingerprint density at radius 3 is 2.37 bits per heavy atom. The van der Waals surface area contributed by atoms with Crippen molar-refractivity contribution in [1.82, 2.24) is 15.5 Å². The van der Waals surface area contributed by atoms with E-state index in [1.165, 1.54) is 64.6 Å². The summed E-state index contributed by atoms with van der Waals surface area (Å²) in [5, 5.41) is 17.0. The first-order valence-corrected chi connectivity index (χ1v) is 11.2. The molecule has 1 aliphatic heterocycles. The molecule has 6 heteroatoms. The van der Waals surface area contributed by atoms with Crippen molar-refractivity contribution in [1.29, 1.82) is 0 Å². The van der Waals surface area contributed by atoms with Crippen LogP contribution in [0.5, 0.6) is 0 Å². The fourth-order valence-electron chi connectivity index (χ4n) is 4.95. The van der Waals surface area contributed by atoms with Gasteiger partial charge in [-0.05, 0) is 51.4 Å². The lowest BCUT2D eigenvalue weighted by molar-refractivity contribution is 0.136. The summed E-state index contributed by atoms with van der Waals surface area (Å²) in [6.45, 7) is 7.51. The first-order chi connectivity index (χ1) is 12.7. The van der Waals surface area contributed by atoms with E-state index in [4.69, 9.17) is 4.99 Å². The van der Waals surface area contributed by atoms with E-state index in [0.29, 0.717) is 12.0 Å². The second-order valence-electron chi connectivity index (χ2n) is 8.70. The summed E-state index contributed by atoms with van der Waals surface area (Å²) >= 11 is 0. The lowest BCUT2D eigenvalue weighted by Crippen LogP contribution is -2.49. The maximum atomic E-state index is 10.0. The molecule has 1 heterocycles. The summed E-state index contributed by atoms with van der Waals surface area (Å²) in [6, 6.07) is 0.531. The first-order valence-electron chi connectivity index (χ1n) is 11.2. The van der Waals surface area contributed by atoms with E-state index in [1.54, 1.807) is 0 Å². The van der Waals surface area contributed by atoms with E-state index in [9.17, 15) is 5.11 Å². The van der Waals surface area contributed by atoms with Crippen LogP contribution in [0.3, 0.4) is 0 Å². The summed E-state index contributed by atoms with van der Waals surface area (Å²) in [5.74, 6) is 2.24. The molecule has 3 rings (SSSR count). The largest absolute Gasteiger partial charge is 0.393 e. The number of guanidine groups is 1. The Morgan fingerprint density at radius 2 is 1.74 bits per heavy atom. The van der Waals surface area contributed by atoms with Crippen LogP contribution >= 0.6 is 24.0 Å². The van der Waals surface area contributed by atoms with Crippen molar-refractivity contribution in [3.8, 4) is 0 Å². The molecule has 0 bridgehead atoms. The average molecular weight is 492 g/mol. The van der Waals surface area contributed by atoms with Crippen LogP contribution in [0.25, 0.3) is 0 Å². The minimum atomic E-state index is -0.148. The topological polar surface area (TPSA) is 59.9 Å². The molecule has 0 aromatic rings. The van der Waals surface area contributed by atoms with E-state index in [1.807, 2.05) is 0 Å². The van der Waals surface area contributed by atoms with E-state index in [2.05, 4.69) is 22.5 Å². The quantitative estimate of drug-likeness (QED) is 0.303. The van der Waals surface area contributed by atoms with Gasteiger partial charge in [0, 0.05) is 44.7 Å². The molecule has 0 radical (unpaired) electrons. The number of piperidine rings is 1. The monoisotopic (exact) mass is 492 g/mol. The predicted octanol–water partition coefficient (Wildman–Crippen LogP) is 3.37. The number of nitrogens with zero attached hydrogens (tertiary/aromatic N) is 2. The van der Waals surface area contributed by atoms with Crippen molar-refractivity contribution >= 4 is 29.9 Å². The number of hydrogen-bond acceptors (Lipinski definition) is 3. The average Bonchev–Trinajstić information content (AvgIpc) is 3.07. The third kappa shape index (κ3) is 7.69. The number of likely N-dealkylation sites (tertiary alicyclic amines) is 1. The maximum Gasteiger partial charge on any atom is 0.191 e. The van der Waals surface area contributed by atoms with Gasteiger partial charge in [-0.1, -0.05) is 25.7 Å². The molecule has 0 amide bonds. The molecule has 0 aromatic heterocycles. The Morgan fingerprint density at radius 1 is 1.00 bits per heavy atom. The van der Waals surface area contributed by atoms with Crippen molar-refractivity contribution in [3.63, 3.8) is 0 Å². The Kier molecular flexibility index (Phi) is 10.7. The van der Waals surface area contributed by atoms with Crippen molar-refractivity contribution in [2.45, 2.75) is 83.3 Å². The fourth-order valence-corrected chi connectivity index (χ4v) is 4.95. The highest BCUT2D eigenvalue weighted by atomic mass is 127. The summed E-state index contributed by atoms with van der Waals surface area (Å²) < 4.78 is 0. The Hall–Kier alpha value is -0.0800. The lowest BCUT2D eigenvalue weighted by Gasteiger charge is -2.36. The number of rotatable bonds is 6. The number of aliphatic hydroxyl groups is 1. The van der Waals surface area contributed by atoms with Gasteiger partial charge in [-0.3, -0.25) is 4.99 Å². The van der Waals surface area contributed by atoms with E-state index < -0.39 is 0 Å². The normalized spacial score (nSPS) is 28.7. The smallest absolute Gasteiger partial charge is 0.191 e. The summed E-state index contributed by atoms with van der Waals surface area (Å²) in [5.41, 5.74) is 0. The molecular formula is C21H41IN4O. The SMILES string of the molecule is CCNC(=NCC1CCCC1O)NC1CCN(CC2CCCCC2)CC1.I. The van der Waals surface area contributed by atoms with Crippen molar-refractivity contribution < 1.29 is 5.11 Å². The first kappa shape index (κ1) is 23.2. The van der Waals surface area contributed by atoms with Gasteiger partial charge in [0.2, 0.25) is 0 Å². The van der Waals surface area contributed by atoms with Crippen LogP contribution in [0.4, 0.5) is 0 Å². The van der Waals surface area contributed by atoms with Gasteiger partial charge in [-0.15, -0.1) is 24.0 Å². The molecule has 2 unspecified atom stereocenters. The minimum absolute atomic E-state index is 0. The Labute approximate surface area is 183 Å². The number of halogens is 1. The highest BCUT2D eigenvalue weighted by molar-refractivity contribution is 14.0. The number of aliphatic imine (C=N–C) groups is 1. The zero-order valence-corrected chi connectivity index (χ0v) is 19.5. The minimum Gasteiger partial charge on any atom is -0.393 e. The third-order valence-electron chi connectivity index (χ3n) is 6.62. The number of aliphatic hydroxyl groups excluding tert-OH is 1. The van der Waals surface area contributed by atoms with Gasteiger partial charge in [-0.25, -0.2) is 0 Å². The van der Waals surface area contributed by atoms with Crippen molar-refractivity contribution in [2.24, 2.45) is 16.8 Å². The van der Waals surface area contributed by atoms with Crippen LogP contribution in [0.2, 0.25) is 0 Å². The second-order valence-corrected chi connectivity index (χ2v) is 8.70. The summed E-state index contributed by atoms with van der Waals surface area (Å²) in [4.78, 5) is 7.46. The molecule has 158 valence electrons. The molecule has 3 N–H and O–H groups in total. The van der Waals surface area contributed by atoms with Gasteiger partial charge < -0.3 is 20.6 Å². The van der Waals surface area contributed by atoms with E-state index >= 15 is 0 Å². The lowest BCUT2D eigenvalue weighted by atomic mass is 9.88. The van der Waals surface area contributed by atoms with Gasteiger partial charge in [0.15, 0.2) is 5.96 Å². The molecule has 1 saturated heterocycles. The van der Waals surface area contributed by atoms with Crippen LogP contribution in [0, 0.1) is 11.8 Å². The van der Waals surface area contributed by atoms with Crippen LogP contribution in [-0.2, 0) is 0 Å². The zero-order valence-electron chi connectivity index (χ0n) is 17.2. The Bertz CT molecular complexity index is 434. The molecule has 3 fully saturated rings. The highest BCUT2D eigenvalue weighted by Crippen LogP contribution is 2.26. The van der Waals surface area contributed by atoms with Crippen molar-refractivity contribution in [2.75, 3.05) is 32.7 Å². The fraction of sp³-hybridized carbons (Fsp3) is 0.952. The standard InChI is InChI=1S/C21H40N4O.HI/c1-2-22-21(23-15-18-9-6-10-20(18)26)24-19-11-13-25(14-12-19)16-17-7-4-3-5-8-17;/h17-20,26H,2-16H2,1H3,(H2,22,23,24);1H. The molecule has 0 aromatic carbocycles. The number of hydrogen-bond donors (Lipinski definition) is 3. The van der Waals surface area contributed by atoms with E-state index in [0.717, 1.165) is 44.2 Å². The molecule has 27 heavy (non-hydrogen) atoms. The maximum absolute atomic E-state index is 10.0. The van der Waals surface area contributed by atoms with Gasteiger partial charge in [0.1, 0.15) is 0 Å². The van der Waals surface area contributed by atoms with Gasteiger partial charge in [-0.2, -0.15) is 0 Å². The number of nitrogens with one attached hydrogen (secondary N) is 2. The molecule has 0 spiro atoms. The van der Waals surface area contributed by atoms with E-state index in [-0.39, 0.29) is 30.1 Å². The van der Waals surface area contributed by atoms with Gasteiger partial charge in [0.05, 0.1) is 6.10 Å². The van der Waals surface area contributed by atoms with Crippen molar-refractivity contribution in [3.05, 3.63) is 0 Å². The molecule has 2 aliphatic carbocycles. The Balaban J connectivity index is 0.00000261. The van der Waals surface area contributed by atoms with Gasteiger partial charge in [0.25, 0.3) is 0 Å². The predicted molar refractivity (Wildman–Crippen MR) is 124 cm³/mol. The van der Waals surface area contributed by atoms with Gasteiger partial charge >= 0.3 is 0 Å². The van der Waals surface area contributed by atoms with Crippen LogP contribution in [-0.4, -0.2) is 60.8 Å². The zero-order chi connectivity index (χ0) is 18.2. The summed E-state index contributed by atoms with van der Waals surface area (Å²) in [7, 11) is 0. The van der Waals surface area contributed by atoms with Crippen LogP contribution in [0.1, 0.15) is 71.1 Å². The second kappa shape index (κ2) is 12.5. The molecular weight excluding hydrogens is 451 g/mol. The highest BCUT2D eigenvalue weighted by Gasteiger charge is 2.26. The summed E-state index contributed by atoms with van der Waals surface area (Å²) in [6.07, 6.45) is 12.7. The molecule has 2 atom stereocenters. The molecule has 2 saturated carbocycles. The molecule has 5 nitrogen and oxygen atoms in total. The van der Waals surface area contributed by atoms with Crippen LogP contribution < -0.4 is 10.6 Å².